The molecule has 34 heavy (non-hydrogen) atoms. The van der Waals surface area contributed by atoms with Crippen molar-refractivity contribution in [1.82, 2.24) is 5.32 Å². The highest BCUT2D eigenvalue weighted by molar-refractivity contribution is 7.92. The molecular weight excluding hydrogens is 472 g/mol. The highest BCUT2D eigenvalue weighted by atomic mass is 35.5. The van der Waals surface area contributed by atoms with E-state index in [1.165, 1.54) is 12.1 Å². The first-order valence-corrected chi connectivity index (χ1v) is 12.7. The molecule has 0 aliphatic carbocycles. The summed E-state index contributed by atoms with van der Waals surface area (Å²) >= 11 is 6.16. The lowest BCUT2D eigenvalue weighted by Crippen LogP contribution is -2.42. The number of rotatable bonds is 9. The Kier molecular flexibility index (Phi) is 8.23. The number of carbonyl (C=O) groups is 1. The van der Waals surface area contributed by atoms with E-state index in [1.807, 2.05) is 32.9 Å². The Morgan fingerprint density at radius 3 is 2.21 bits per heavy atom. The fraction of sp³-hybridized carbons (Fsp3) is 0.269. The largest absolute Gasteiger partial charge is 0.492 e. The van der Waals surface area contributed by atoms with Gasteiger partial charge in [-0.15, -0.1) is 0 Å². The average molecular weight is 501 g/mol. The number of hydrogen-bond acceptors (Lipinski definition) is 4. The molecule has 0 atom stereocenters. The van der Waals surface area contributed by atoms with Gasteiger partial charge in [0.2, 0.25) is 5.91 Å². The minimum Gasteiger partial charge on any atom is -0.492 e. The third-order valence-corrected chi connectivity index (χ3v) is 7.23. The number of amides is 1. The Morgan fingerprint density at radius 1 is 0.912 bits per heavy atom. The topological polar surface area (TPSA) is 75.7 Å². The van der Waals surface area contributed by atoms with E-state index in [1.54, 1.807) is 37.3 Å². The maximum atomic E-state index is 13.5. The molecule has 8 heteroatoms. The van der Waals surface area contributed by atoms with Crippen LogP contribution >= 0.6 is 11.6 Å². The molecule has 3 aromatic carbocycles. The van der Waals surface area contributed by atoms with Gasteiger partial charge in [-0.1, -0.05) is 41.4 Å². The summed E-state index contributed by atoms with van der Waals surface area (Å²) in [5.74, 6) is 0.281. The molecule has 180 valence electrons. The van der Waals surface area contributed by atoms with Crippen LogP contribution in [-0.4, -0.2) is 34.0 Å². The number of anilines is 1. The van der Waals surface area contributed by atoms with Crippen LogP contribution in [0.5, 0.6) is 5.75 Å². The van der Waals surface area contributed by atoms with Crippen LogP contribution < -0.4 is 14.4 Å². The lowest BCUT2D eigenvalue weighted by molar-refractivity contribution is -0.119. The third kappa shape index (κ3) is 6.52. The molecule has 1 N–H and O–H groups in total. The first-order chi connectivity index (χ1) is 16.1. The van der Waals surface area contributed by atoms with Crippen molar-refractivity contribution in [1.29, 1.82) is 0 Å². The first-order valence-electron chi connectivity index (χ1n) is 10.9. The molecule has 0 radical (unpaired) electrons. The standard InChI is InChI=1S/C26H29ClN2O4S/c1-18-5-9-24(10-6-18)34(31,32)29(25-16-22(27)8-7-21(25)4)17-26(30)28-11-12-33-23-14-19(2)13-20(3)15-23/h5-10,13-16H,11-12,17H2,1-4H3,(H,28,30). The Bertz CT molecular complexity index is 1250. The second kappa shape index (κ2) is 10.9. The molecule has 3 aromatic rings. The Morgan fingerprint density at radius 2 is 1.56 bits per heavy atom. The molecule has 0 heterocycles. The predicted molar refractivity (Wildman–Crippen MR) is 136 cm³/mol. The number of sulfonamides is 1. The summed E-state index contributed by atoms with van der Waals surface area (Å²) in [5.41, 5.74) is 4.16. The third-order valence-electron chi connectivity index (χ3n) is 5.22. The zero-order valence-corrected chi connectivity index (χ0v) is 21.3. The molecule has 0 aliphatic rings. The number of carbonyl (C=O) groups excluding carboxylic acids is 1. The summed E-state index contributed by atoms with van der Waals surface area (Å²) in [6, 6.07) is 17.4. The van der Waals surface area contributed by atoms with Crippen LogP contribution in [0.4, 0.5) is 5.69 Å². The van der Waals surface area contributed by atoms with Crippen LogP contribution in [0.15, 0.2) is 65.6 Å². The van der Waals surface area contributed by atoms with Crippen molar-refractivity contribution in [3.8, 4) is 5.75 Å². The van der Waals surface area contributed by atoms with E-state index >= 15 is 0 Å². The zero-order valence-electron chi connectivity index (χ0n) is 19.8. The molecule has 0 fully saturated rings. The second-order valence-electron chi connectivity index (χ2n) is 8.28. The summed E-state index contributed by atoms with van der Waals surface area (Å²) in [6.45, 7) is 7.74. The number of aryl methyl sites for hydroxylation is 4. The van der Waals surface area contributed by atoms with Crippen molar-refractivity contribution >= 4 is 33.2 Å². The first kappa shape index (κ1) is 25.6. The smallest absolute Gasteiger partial charge is 0.264 e. The Labute approximate surface area is 206 Å². The van der Waals surface area contributed by atoms with Crippen LogP contribution in [-0.2, 0) is 14.8 Å². The molecule has 3 rings (SSSR count). The van der Waals surface area contributed by atoms with Crippen LogP contribution in [0.3, 0.4) is 0 Å². The van der Waals surface area contributed by atoms with Crippen LogP contribution in [0.2, 0.25) is 5.02 Å². The van der Waals surface area contributed by atoms with Crippen molar-refractivity contribution in [2.45, 2.75) is 32.6 Å². The van der Waals surface area contributed by atoms with Gasteiger partial charge in [-0.25, -0.2) is 8.42 Å². The minimum absolute atomic E-state index is 0.100. The predicted octanol–water partition coefficient (Wildman–Crippen LogP) is 4.96. The summed E-state index contributed by atoms with van der Waals surface area (Å²) in [5, 5.41) is 3.13. The highest BCUT2D eigenvalue weighted by Gasteiger charge is 2.28. The highest BCUT2D eigenvalue weighted by Crippen LogP contribution is 2.29. The van der Waals surface area contributed by atoms with E-state index in [4.69, 9.17) is 16.3 Å². The molecular formula is C26H29ClN2O4S. The molecule has 0 spiro atoms. The molecule has 1 amide bonds. The quantitative estimate of drug-likeness (QED) is 0.421. The second-order valence-corrected chi connectivity index (χ2v) is 10.6. The van der Waals surface area contributed by atoms with E-state index in [0.717, 1.165) is 26.7 Å². The van der Waals surface area contributed by atoms with E-state index in [-0.39, 0.29) is 24.6 Å². The van der Waals surface area contributed by atoms with Crippen molar-refractivity contribution in [2.75, 3.05) is 24.0 Å². The number of benzene rings is 3. The minimum atomic E-state index is -4.01. The summed E-state index contributed by atoms with van der Waals surface area (Å²) < 4.78 is 33.8. The monoisotopic (exact) mass is 500 g/mol. The van der Waals surface area contributed by atoms with Gasteiger partial charge in [0.1, 0.15) is 18.9 Å². The molecule has 0 unspecified atom stereocenters. The molecule has 0 saturated heterocycles. The SMILES string of the molecule is Cc1ccc(S(=O)(=O)N(CC(=O)NCCOc2cc(C)cc(C)c2)c2cc(Cl)ccc2C)cc1. The van der Waals surface area contributed by atoms with Crippen molar-refractivity contribution in [3.05, 3.63) is 87.9 Å². The summed E-state index contributed by atoms with van der Waals surface area (Å²) in [7, 11) is -4.01. The van der Waals surface area contributed by atoms with Crippen molar-refractivity contribution in [2.24, 2.45) is 0 Å². The number of hydrogen-bond donors (Lipinski definition) is 1. The Hall–Kier alpha value is -3.03. The fourth-order valence-corrected chi connectivity index (χ4v) is 5.19. The number of halogens is 1. The lowest BCUT2D eigenvalue weighted by atomic mass is 10.1. The van der Waals surface area contributed by atoms with Gasteiger partial charge in [-0.2, -0.15) is 0 Å². The van der Waals surface area contributed by atoms with Crippen LogP contribution in [0.25, 0.3) is 0 Å². The zero-order chi connectivity index (χ0) is 24.9. The van der Waals surface area contributed by atoms with Crippen molar-refractivity contribution < 1.29 is 17.9 Å². The van der Waals surface area contributed by atoms with Gasteiger partial charge in [0.25, 0.3) is 10.0 Å². The summed E-state index contributed by atoms with van der Waals surface area (Å²) in [4.78, 5) is 12.9. The number of nitrogens with one attached hydrogen (secondary N) is 1. The van der Waals surface area contributed by atoms with Gasteiger partial charge in [0.05, 0.1) is 17.1 Å². The molecule has 0 bridgehead atoms. The van der Waals surface area contributed by atoms with Gasteiger partial charge >= 0.3 is 0 Å². The van der Waals surface area contributed by atoms with Gasteiger partial charge in [0, 0.05) is 5.02 Å². The van der Waals surface area contributed by atoms with Gasteiger partial charge in [-0.05, 0) is 80.8 Å². The molecule has 0 saturated carbocycles. The van der Waals surface area contributed by atoms with E-state index in [2.05, 4.69) is 11.4 Å². The fourth-order valence-electron chi connectivity index (χ4n) is 3.55. The van der Waals surface area contributed by atoms with E-state index in [9.17, 15) is 13.2 Å². The van der Waals surface area contributed by atoms with Gasteiger partial charge < -0.3 is 10.1 Å². The maximum Gasteiger partial charge on any atom is 0.264 e. The lowest BCUT2D eigenvalue weighted by Gasteiger charge is -2.26. The molecule has 6 nitrogen and oxygen atoms in total. The average Bonchev–Trinajstić information content (AvgIpc) is 2.76. The van der Waals surface area contributed by atoms with Gasteiger partial charge in [0.15, 0.2) is 0 Å². The van der Waals surface area contributed by atoms with Crippen LogP contribution in [0, 0.1) is 27.7 Å². The van der Waals surface area contributed by atoms with E-state index in [0.29, 0.717) is 16.3 Å². The maximum absolute atomic E-state index is 13.5. The number of ether oxygens (including phenoxy) is 1. The van der Waals surface area contributed by atoms with Gasteiger partial charge in [-0.3, -0.25) is 9.10 Å². The van der Waals surface area contributed by atoms with Crippen LogP contribution in [0.1, 0.15) is 22.3 Å². The normalized spacial score (nSPS) is 11.2. The molecule has 0 aliphatic heterocycles. The molecule has 0 aromatic heterocycles. The summed E-state index contributed by atoms with van der Waals surface area (Å²) in [6.07, 6.45) is 0. The number of nitrogens with zero attached hydrogens (tertiary/aromatic N) is 1. The Balaban J connectivity index is 1.75. The van der Waals surface area contributed by atoms with Crippen molar-refractivity contribution in [3.63, 3.8) is 0 Å². The van der Waals surface area contributed by atoms with E-state index < -0.39 is 15.9 Å².